The summed E-state index contributed by atoms with van der Waals surface area (Å²) in [6.07, 6.45) is 0. The van der Waals surface area contributed by atoms with E-state index in [-0.39, 0.29) is 0 Å². The maximum Gasteiger partial charge on any atom is 0.159 e. The maximum absolute atomic E-state index is 5.35. The van der Waals surface area contributed by atoms with Crippen LogP contribution < -0.4 is 12.9 Å². The van der Waals surface area contributed by atoms with Gasteiger partial charge < -0.3 is 12.9 Å². The molecule has 0 N–H and O–H groups in total. The van der Waals surface area contributed by atoms with Gasteiger partial charge in [0.05, 0.1) is 0 Å². The Hall–Kier alpha value is -0.510. The Kier molecular flexibility index (Phi) is 4.20. The summed E-state index contributed by atoms with van der Waals surface area (Å²) in [6, 6.07) is 0. The predicted octanol–water partition coefficient (Wildman–Crippen LogP) is 4.21. The van der Waals surface area contributed by atoms with E-state index in [1.807, 2.05) is 0 Å². The molecule has 1 aromatic carbocycles. The van der Waals surface area contributed by atoms with Crippen molar-refractivity contribution in [3.8, 4) is 17.2 Å². The van der Waals surface area contributed by atoms with Crippen LogP contribution in [-0.2, 0) is 0 Å². The molecule has 0 saturated heterocycles. The lowest BCUT2D eigenvalue weighted by molar-refractivity contribution is 0.544. The molecular formula is C9H9Cl3O3. The van der Waals surface area contributed by atoms with E-state index in [4.69, 9.17) is 48.5 Å². The highest BCUT2D eigenvalue weighted by Crippen LogP contribution is 2.43. The highest BCUT2D eigenvalue weighted by Gasteiger charge is 2.21. The van der Waals surface area contributed by atoms with Gasteiger partial charge in [-0.05, 0) is 20.8 Å². The first-order chi connectivity index (χ1) is 7.08. The highest BCUT2D eigenvalue weighted by molar-refractivity contribution is 6.11. The highest BCUT2D eigenvalue weighted by atomic mass is 35.5. The number of rotatable bonds is 3. The lowest BCUT2D eigenvalue weighted by Gasteiger charge is -2.15. The molecule has 3 nitrogen and oxygen atoms in total. The van der Waals surface area contributed by atoms with Crippen molar-refractivity contribution >= 4 is 35.6 Å². The monoisotopic (exact) mass is 270 g/mol. The molecule has 6 heteroatoms. The number of halogens is 3. The summed E-state index contributed by atoms with van der Waals surface area (Å²) >= 11 is 16.1. The molecule has 0 atom stereocenters. The Morgan fingerprint density at radius 3 is 0.933 bits per heavy atom. The minimum Gasteiger partial charge on any atom is -0.385 e. The van der Waals surface area contributed by atoms with Crippen LogP contribution >= 0.6 is 35.6 Å². The summed E-state index contributed by atoms with van der Waals surface area (Å²) in [6.45, 7) is 5.31. The normalized spacial score (nSPS) is 10.0. The molecule has 84 valence electrons. The fourth-order valence-corrected chi connectivity index (χ4v) is 2.19. The van der Waals surface area contributed by atoms with Crippen LogP contribution in [0.2, 0.25) is 0 Å². The molecule has 15 heavy (non-hydrogen) atoms. The summed E-state index contributed by atoms with van der Waals surface area (Å²) in [7, 11) is 0. The van der Waals surface area contributed by atoms with Crippen LogP contribution in [0.3, 0.4) is 0 Å². The molecule has 0 fully saturated rings. The first-order valence-electron chi connectivity index (χ1n) is 4.08. The van der Waals surface area contributed by atoms with E-state index in [9.17, 15) is 0 Å². The predicted molar refractivity (Wildman–Crippen MR) is 60.1 cm³/mol. The zero-order valence-electron chi connectivity index (χ0n) is 8.36. The molecule has 0 radical (unpaired) electrons. The zero-order chi connectivity index (χ0) is 11.6. The Bertz CT molecular complexity index is 301. The van der Waals surface area contributed by atoms with Gasteiger partial charge in [0.1, 0.15) is 35.6 Å². The van der Waals surface area contributed by atoms with Crippen LogP contribution in [0, 0.1) is 20.8 Å². The van der Waals surface area contributed by atoms with Crippen LogP contribution in [-0.4, -0.2) is 0 Å². The zero-order valence-corrected chi connectivity index (χ0v) is 10.6. The Morgan fingerprint density at radius 2 is 0.800 bits per heavy atom. The van der Waals surface area contributed by atoms with Crippen molar-refractivity contribution in [3.63, 3.8) is 0 Å². The van der Waals surface area contributed by atoms with E-state index >= 15 is 0 Å². The molecular weight excluding hydrogens is 262 g/mol. The first-order valence-corrected chi connectivity index (χ1v) is 5.00. The number of hydrogen-bond donors (Lipinski definition) is 0. The molecule has 0 bridgehead atoms. The van der Waals surface area contributed by atoms with E-state index in [2.05, 4.69) is 0 Å². The van der Waals surface area contributed by atoms with Gasteiger partial charge in [-0.2, -0.15) is 0 Å². The summed E-state index contributed by atoms with van der Waals surface area (Å²) in [4.78, 5) is 0. The van der Waals surface area contributed by atoms with Gasteiger partial charge in [0, 0.05) is 16.7 Å². The van der Waals surface area contributed by atoms with Gasteiger partial charge in [-0.1, -0.05) is 0 Å². The quantitative estimate of drug-likeness (QED) is 0.824. The molecule has 0 aromatic heterocycles. The molecule has 0 unspecified atom stereocenters. The molecule has 1 aromatic rings. The second kappa shape index (κ2) is 5.01. The van der Waals surface area contributed by atoms with Crippen molar-refractivity contribution in [3.05, 3.63) is 16.7 Å². The van der Waals surface area contributed by atoms with Crippen molar-refractivity contribution in [2.75, 3.05) is 0 Å². The lowest BCUT2D eigenvalue weighted by atomic mass is 10.0. The van der Waals surface area contributed by atoms with Crippen molar-refractivity contribution < 1.29 is 12.9 Å². The molecule has 0 aliphatic heterocycles. The lowest BCUT2D eigenvalue weighted by Crippen LogP contribution is -1.96. The van der Waals surface area contributed by atoms with Crippen molar-refractivity contribution in [1.82, 2.24) is 0 Å². The molecule has 0 aliphatic carbocycles. The van der Waals surface area contributed by atoms with Gasteiger partial charge in [-0.3, -0.25) is 0 Å². The summed E-state index contributed by atoms with van der Waals surface area (Å²) < 4.78 is 14.1. The summed E-state index contributed by atoms with van der Waals surface area (Å²) in [5.74, 6) is 1.27. The summed E-state index contributed by atoms with van der Waals surface area (Å²) in [5.41, 5.74) is 2.06. The van der Waals surface area contributed by atoms with Crippen LogP contribution in [0.25, 0.3) is 0 Å². The van der Waals surface area contributed by atoms with Gasteiger partial charge in [0.15, 0.2) is 17.2 Å². The van der Waals surface area contributed by atoms with Crippen molar-refractivity contribution in [1.29, 1.82) is 0 Å². The third-order valence-electron chi connectivity index (χ3n) is 2.28. The van der Waals surface area contributed by atoms with E-state index in [1.165, 1.54) is 0 Å². The average molecular weight is 272 g/mol. The van der Waals surface area contributed by atoms with E-state index < -0.39 is 0 Å². The molecule has 0 amide bonds. The minimum atomic E-state index is 0.425. The van der Waals surface area contributed by atoms with Gasteiger partial charge in [0.2, 0.25) is 0 Å². The molecule has 1 rings (SSSR count). The van der Waals surface area contributed by atoms with Crippen LogP contribution in [0.1, 0.15) is 16.7 Å². The van der Waals surface area contributed by atoms with Gasteiger partial charge in [0.25, 0.3) is 0 Å². The van der Waals surface area contributed by atoms with Gasteiger partial charge in [-0.15, -0.1) is 0 Å². The molecule has 0 aliphatic rings. The number of hydrogen-bond acceptors (Lipinski definition) is 3. The average Bonchev–Trinajstić information content (AvgIpc) is 2.19. The van der Waals surface area contributed by atoms with Crippen LogP contribution in [0.15, 0.2) is 0 Å². The SMILES string of the molecule is Cc1c(OCl)c(C)c(OCl)c(C)c1OCl. The van der Waals surface area contributed by atoms with E-state index in [0.29, 0.717) is 33.9 Å². The largest absolute Gasteiger partial charge is 0.385 e. The van der Waals surface area contributed by atoms with E-state index in [0.717, 1.165) is 0 Å². The minimum absolute atomic E-state index is 0.425. The molecule has 0 heterocycles. The second-order valence-electron chi connectivity index (χ2n) is 3.09. The third kappa shape index (κ3) is 2.05. The summed E-state index contributed by atoms with van der Waals surface area (Å²) in [5, 5.41) is 0. The first kappa shape index (κ1) is 12.6. The number of benzene rings is 1. The van der Waals surface area contributed by atoms with E-state index in [1.54, 1.807) is 20.8 Å². The van der Waals surface area contributed by atoms with Crippen molar-refractivity contribution in [2.45, 2.75) is 20.8 Å². The maximum atomic E-state index is 5.35. The van der Waals surface area contributed by atoms with Gasteiger partial charge >= 0.3 is 0 Å². The third-order valence-corrected chi connectivity index (χ3v) is 2.74. The molecule has 0 spiro atoms. The Morgan fingerprint density at radius 1 is 0.600 bits per heavy atom. The Balaban J connectivity index is 3.57. The fourth-order valence-electron chi connectivity index (χ4n) is 1.50. The van der Waals surface area contributed by atoms with Gasteiger partial charge in [-0.25, -0.2) is 0 Å². The van der Waals surface area contributed by atoms with Crippen LogP contribution in [0.4, 0.5) is 0 Å². The fraction of sp³-hybridized carbons (Fsp3) is 0.333. The Labute approximate surface area is 103 Å². The van der Waals surface area contributed by atoms with Crippen LogP contribution in [0.5, 0.6) is 17.2 Å². The second-order valence-corrected chi connectivity index (χ2v) is 3.56. The van der Waals surface area contributed by atoms with Crippen molar-refractivity contribution in [2.24, 2.45) is 0 Å². The standard InChI is InChI=1S/C9H9Cl3O3/c1-4-7(13-10)5(2)9(15-12)6(3)8(4)14-11/h1-3H3. The smallest absolute Gasteiger partial charge is 0.159 e. The topological polar surface area (TPSA) is 27.7 Å². The molecule has 0 saturated carbocycles.